The van der Waals surface area contributed by atoms with Gasteiger partial charge in [0.1, 0.15) is 6.26 Å². The van der Waals surface area contributed by atoms with Crippen LogP contribution >= 0.6 is 11.6 Å². The molecule has 0 aromatic carbocycles. The van der Waals surface area contributed by atoms with E-state index in [4.69, 9.17) is 16.0 Å². The summed E-state index contributed by atoms with van der Waals surface area (Å²) in [7, 11) is 0. The Bertz CT molecular complexity index is 297. The van der Waals surface area contributed by atoms with Crippen LogP contribution in [0.5, 0.6) is 0 Å². The largest absolute Gasteiger partial charge is 0.432 e. The van der Waals surface area contributed by atoms with Crippen molar-refractivity contribution in [2.75, 3.05) is 18.0 Å². The van der Waals surface area contributed by atoms with Gasteiger partial charge in [0.15, 0.2) is 0 Å². The molecule has 1 aromatic heterocycles. The summed E-state index contributed by atoms with van der Waals surface area (Å²) in [6, 6.07) is 0.699. The Morgan fingerprint density at radius 2 is 2.06 bits per heavy atom. The topological polar surface area (TPSA) is 29.3 Å². The Balaban J connectivity index is 2.66. The number of aromatic nitrogens is 1. The van der Waals surface area contributed by atoms with E-state index in [0.29, 0.717) is 17.8 Å². The fourth-order valence-corrected chi connectivity index (χ4v) is 1.83. The van der Waals surface area contributed by atoms with Crippen LogP contribution in [0.25, 0.3) is 0 Å². The molecule has 1 heterocycles. The van der Waals surface area contributed by atoms with Crippen molar-refractivity contribution >= 4 is 17.6 Å². The number of oxazole rings is 1. The number of hydrogen-bond acceptors (Lipinski definition) is 3. The monoisotopic (exact) mass is 244 g/mol. The first-order chi connectivity index (χ1) is 7.74. The first-order valence-corrected chi connectivity index (χ1v) is 6.53. The molecule has 0 atom stereocenters. The second kappa shape index (κ2) is 6.79. The smallest absolute Gasteiger partial charge is 0.297 e. The van der Waals surface area contributed by atoms with Crippen molar-refractivity contribution in [3.63, 3.8) is 0 Å². The predicted molar refractivity (Wildman–Crippen MR) is 68.0 cm³/mol. The van der Waals surface area contributed by atoms with Crippen molar-refractivity contribution in [1.82, 2.24) is 4.98 Å². The van der Waals surface area contributed by atoms with Gasteiger partial charge in [-0.3, -0.25) is 0 Å². The molecule has 16 heavy (non-hydrogen) atoms. The standard InChI is InChI=1S/C12H21ClN2O/c1-4-10(5-2)8-15(6-3)12-14-11(7-13)9-16-12/h9-10H,4-8H2,1-3H3. The normalized spacial score (nSPS) is 11.1. The van der Waals surface area contributed by atoms with Gasteiger partial charge in [0.25, 0.3) is 6.01 Å². The average molecular weight is 245 g/mol. The molecule has 1 rings (SSSR count). The fraction of sp³-hybridized carbons (Fsp3) is 0.750. The highest BCUT2D eigenvalue weighted by molar-refractivity contribution is 6.16. The van der Waals surface area contributed by atoms with Gasteiger partial charge in [-0.05, 0) is 12.8 Å². The molecular formula is C12H21ClN2O. The van der Waals surface area contributed by atoms with Gasteiger partial charge in [-0.2, -0.15) is 4.98 Å². The number of nitrogens with zero attached hydrogens (tertiary/aromatic N) is 2. The van der Waals surface area contributed by atoms with Crippen molar-refractivity contribution in [3.8, 4) is 0 Å². The Morgan fingerprint density at radius 3 is 2.50 bits per heavy atom. The van der Waals surface area contributed by atoms with E-state index in [-0.39, 0.29) is 0 Å². The highest BCUT2D eigenvalue weighted by atomic mass is 35.5. The van der Waals surface area contributed by atoms with Gasteiger partial charge in [0, 0.05) is 13.1 Å². The van der Waals surface area contributed by atoms with Crippen molar-refractivity contribution in [2.45, 2.75) is 39.5 Å². The minimum atomic E-state index is 0.409. The summed E-state index contributed by atoms with van der Waals surface area (Å²) in [5.41, 5.74) is 0.805. The molecule has 92 valence electrons. The van der Waals surface area contributed by atoms with Gasteiger partial charge < -0.3 is 9.32 Å². The van der Waals surface area contributed by atoms with Crippen LogP contribution in [0, 0.1) is 5.92 Å². The van der Waals surface area contributed by atoms with Gasteiger partial charge in [0.2, 0.25) is 0 Å². The first-order valence-electron chi connectivity index (χ1n) is 6.00. The third-order valence-corrected chi connectivity index (χ3v) is 3.24. The van der Waals surface area contributed by atoms with Crippen LogP contribution < -0.4 is 4.90 Å². The molecule has 0 spiro atoms. The van der Waals surface area contributed by atoms with E-state index < -0.39 is 0 Å². The van der Waals surface area contributed by atoms with Crippen LogP contribution in [0.4, 0.5) is 6.01 Å². The SMILES string of the molecule is CCC(CC)CN(CC)c1nc(CCl)co1. The minimum absolute atomic E-state index is 0.409. The molecule has 0 amide bonds. The Labute approximate surface area is 103 Å². The third-order valence-electron chi connectivity index (χ3n) is 2.96. The maximum atomic E-state index is 5.71. The van der Waals surface area contributed by atoms with Crippen molar-refractivity contribution in [1.29, 1.82) is 0 Å². The number of rotatable bonds is 7. The zero-order valence-electron chi connectivity index (χ0n) is 10.4. The van der Waals surface area contributed by atoms with Crippen LogP contribution in [-0.4, -0.2) is 18.1 Å². The van der Waals surface area contributed by atoms with Crippen LogP contribution in [0.3, 0.4) is 0 Å². The van der Waals surface area contributed by atoms with E-state index in [1.54, 1.807) is 6.26 Å². The van der Waals surface area contributed by atoms with E-state index >= 15 is 0 Å². The third kappa shape index (κ3) is 3.41. The molecule has 0 bridgehead atoms. The number of alkyl halides is 1. The minimum Gasteiger partial charge on any atom is -0.432 e. The van der Waals surface area contributed by atoms with E-state index in [2.05, 4.69) is 30.7 Å². The zero-order chi connectivity index (χ0) is 12.0. The molecule has 4 heteroatoms. The van der Waals surface area contributed by atoms with Gasteiger partial charge in [-0.1, -0.05) is 26.7 Å². The Kier molecular flexibility index (Phi) is 5.67. The molecule has 1 aromatic rings. The Hall–Kier alpha value is -0.700. The van der Waals surface area contributed by atoms with Crippen LogP contribution in [-0.2, 0) is 5.88 Å². The predicted octanol–water partition coefficient (Wildman–Crippen LogP) is 3.68. The average Bonchev–Trinajstić information content (AvgIpc) is 2.79. The molecule has 0 N–H and O–H groups in total. The maximum absolute atomic E-state index is 5.71. The zero-order valence-corrected chi connectivity index (χ0v) is 11.1. The molecule has 0 saturated carbocycles. The van der Waals surface area contributed by atoms with Gasteiger partial charge in [0.05, 0.1) is 11.6 Å². The summed E-state index contributed by atoms with van der Waals surface area (Å²) < 4.78 is 5.43. The van der Waals surface area contributed by atoms with Crippen molar-refractivity contribution in [3.05, 3.63) is 12.0 Å². The first kappa shape index (κ1) is 13.4. The van der Waals surface area contributed by atoms with Crippen LogP contribution in [0.2, 0.25) is 0 Å². The molecule has 0 aliphatic carbocycles. The van der Waals surface area contributed by atoms with Gasteiger partial charge in [-0.25, -0.2) is 0 Å². The molecular weight excluding hydrogens is 224 g/mol. The molecule has 0 radical (unpaired) electrons. The number of halogens is 1. The van der Waals surface area contributed by atoms with E-state index in [0.717, 1.165) is 18.8 Å². The molecule has 0 unspecified atom stereocenters. The van der Waals surface area contributed by atoms with Gasteiger partial charge in [-0.15, -0.1) is 11.6 Å². The van der Waals surface area contributed by atoms with Gasteiger partial charge >= 0.3 is 0 Å². The van der Waals surface area contributed by atoms with E-state index in [9.17, 15) is 0 Å². The lowest BCUT2D eigenvalue weighted by atomic mass is 10.0. The van der Waals surface area contributed by atoms with Crippen LogP contribution in [0.1, 0.15) is 39.3 Å². The fourth-order valence-electron chi connectivity index (χ4n) is 1.70. The molecule has 0 fully saturated rings. The quantitative estimate of drug-likeness (QED) is 0.686. The second-order valence-electron chi connectivity index (χ2n) is 3.98. The van der Waals surface area contributed by atoms with Crippen LogP contribution in [0.15, 0.2) is 10.7 Å². The molecule has 0 saturated heterocycles. The van der Waals surface area contributed by atoms with Crippen molar-refractivity contribution < 1.29 is 4.42 Å². The maximum Gasteiger partial charge on any atom is 0.297 e. The second-order valence-corrected chi connectivity index (χ2v) is 4.24. The lowest BCUT2D eigenvalue weighted by Crippen LogP contribution is -2.29. The van der Waals surface area contributed by atoms with Crippen molar-refractivity contribution in [2.24, 2.45) is 5.92 Å². The van der Waals surface area contributed by atoms with E-state index in [1.165, 1.54) is 12.8 Å². The highest BCUT2D eigenvalue weighted by Gasteiger charge is 2.15. The van der Waals surface area contributed by atoms with E-state index in [1.807, 2.05) is 0 Å². The molecule has 0 aliphatic heterocycles. The summed E-state index contributed by atoms with van der Waals surface area (Å²) in [5, 5.41) is 0. The number of hydrogen-bond donors (Lipinski definition) is 0. The lowest BCUT2D eigenvalue weighted by Gasteiger charge is -2.23. The summed E-state index contributed by atoms with van der Waals surface area (Å²) >= 11 is 5.71. The summed E-state index contributed by atoms with van der Waals surface area (Å²) in [5.74, 6) is 1.11. The summed E-state index contributed by atoms with van der Waals surface area (Å²) in [4.78, 5) is 6.52. The summed E-state index contributed by atoms with van der Waals surface area (Å²) in [6.07, 6.45) is 4.02. The highest BCUT2D eigenvalue weighted by Crippen LogP contribution is 2.18. The molecule has 0 aliphatic rings. The Morgan fingerprint density at radius 1 is 1.38 bits per heavy atom. The molecule has 3 nitrogen and oxygen atoms in total. The number of anilines is 1. The lowest BCUT2D eigenvalue weighted by molar-refractivity contribution is 0.456. The summed E-state index contributed by atoms with van der Waals surface area (Å²) in [6.45, 7) is 8.49.